The van der Waals surface area contributed by atoms with Gasteiger partial charge < -0.3 is 36.6 Å². The van der Waals surface area contributed by atoms with E-state index in [0.29, 0.717) is 13.0 Å². The van der Waals surface area contributed by atoms with E-state index in [2.05, 4.69) is 16.0 Å². The van der Waals surface area contributed by atoms with Gasteiger partial charge in [0.25, 0.3) is 0 Å². The van der Waals surface area contributed by atoms with Gasteiger partial charge in [0.05, 0.1) is 19.2 Å². The molecule has 152 valence electrons. The standard InChI is InChI=1S/C15H24N4O8/c20-7-10(15(26)27)18-11(21)6-17-13(24)9(3-4-12(22)23)19-14(25)8-2-1-5-16-8/h8-10,16,20H,1-7H2,(H,17,24)(H,18,21)(H,19,25)(H,22,23)(H,26,27). The third kappa shape index (κ3) is 8.00. The van der Waals surface area contributed by atoms with E-state index in [4.69, 9.17) is 15.3 Å². The van der Waals surface area contributed by atoms with Gasteiger partial charge in [-0.3, -0.25) is 19.2 Å². The monoisotopic (exact) mass is 388 g/mol. The maximum atomic E-state index is 12.2. The number of hydrogen-bond donors (Lipinski definition) is 7. The Morgan fingerprint density at radius 3 is 2.30 bits per heavy atom. The molecule has 1 rings (SSSR count). The van der Waals surface area contributed by atoms with Crippen molar-refractivity contribution in [1.29, 1.82) is 0 Å². The summed E-state index contributed by atoms with van der Waals surface area (Å²) >= 11 is 0. The summed E-state index contributed by atoms with van der Waals surface area (Å²) in [5.74, 6) is -4.65. The second-order valence-electron chi connectivity index (χ2n) is 6.00. The molecule has 27 heavy (non-hydrogen) atoms. The Balaban J connectivity index is 2.58. The smallest absolute Gasteiger partial charge is 0.328 e. The summed E-state index contributed by atoms with van der Waals surface area (Å²) < 4.78 is 0. The van der Waals surface area contributed by atoms with Gasteiger partial charge in [0, 0.05) is 6.42 Å². The van der Waals surface area contributed by atoms with Gasteiger partial charge in [-0.15, -0.1) is 0 Å². The second-order valence-corrected chi connectivity index (χ2v) is 6.00. The van der Waals surface area contributed by atoms with Crippen molar-refractivity contribution in [2.75, 3.05) is 19.7 Å². The number of carboxylic acids is 2. The summed E-state index contributed by atoms with van der Waals surface area (Å²) in [5.41, 5.74) is 0. The molecule has 1 aliphatic rings. The summed E-state index contributed by atoms with van der Waals surface area (Å²) in [6, 6.07) is -3.13. The van der Waals surface area contributed by atoms with Gasteiger partial charge in [0.2, 0.25) is 17.7 Å². The molecule has 0 bridgehead atoms. The van der Waals surface area contributed by atoms with Crippen molar-refractivity contribution < 1.29 is 39.3 Å². The zero-order chi connectivity index (χ0) is 20.4. The molecule has 0 radical (unpaired) electrons. The van der Waals surface area contributed by atoms with E-state index in [9.17, 15) is 24.0 Å². The highest BCUT2D eigenvalue weighted by Gasteiger charge is 2.28. The number of aliphatic hydroxyl groups is 1. The first-order valence-corrected chi connectivity index (χ1v) is 8.41. The van der Waals surface area contributed by atoms with Crippen molar-refractivity contribution >= 4 is 29.7 Å². The van der Waals surface area contributed by atoms with E-state index in [1.165, 1.54) is 0 Å². The van der Waals surface area contributed by atoms with Crippen LogP contribution in [-0.2, 0) is 24.0 Å². The molecule has 3 amide bonds. The summed E-state index contributed by atoms with van der Waals surface area (Å²) in [6.07, 6.45) is 0.864. The van der Waals surface area contributed by atoms with Gasteiger partial charge in [0.1, 0.15) is 12.1 Å². The SMILES string of the molecule is O=C(O)CCC(NC(=O)C1CCCN1)C(=O)NCC(=O)NC(CO)C(=O)O. The number of carbonyl (C=O) groups is 5. The van der Waals surface area contributed by atoms with Crippen LogP contribution in [0, 0.1) is 0 Å². The molecule has 1 aliphatic heterocycles. The van der Waals surface area contributed by atoms with E-state index >= 15 is 0 Å². The van der Waals surface area contributed by atoms with Crippen LogP contribution < -0.4 is 21.3 Å². The molecule has 0 aromatic heterocycles. The minimum Gasteiger partial charge on any atom is -0.481 e. The summed E-state index contributed by atoms with van der Waals surface area (Å²) in [6.45, 7) is -0.746. The highest BCUT2D eigenvalue weighted by Crippen LogP contribution is 2.06. The maximum Gasteiger partial charge on any atom is 0.328 e. The predicted octanol–water partition coefficient (Wildman–Crippen LogP) is -3.23. The van der Waals surface area contributed by atoms with Crippen LogP contribution in [0.15, 0.2) is 0 Å². The Hall–Kier alpha value is -2.73. The minimum absolute atomic E-state index is 0.171. The van der Waals surface area contributed by atoms with Gasteiger partial charge in [-0.2, -0.15) is 0 Å². The van der Waals surface area contributed by atoms with Crippen molar-refractivity contribution in [2.45, 2.75) is 43.8 Å². The third-order valence-corrected chi connectivity index (χ3v) is 3.90. The van der Waals surface area contributed by atoms with Crippen LogP contribution in [0.3, 0.4) is 0 Å². The van der Waals surface area contributed by atoms with Gasteiger partial charge >= 0.3 is 11.9 Å². The number of carbonyl (C=O) groups excluding carboxylic acids is 3. The number of aliphatic hydroxyl groups excluding tert-OH is 1. The fourth-order valence-electron chi connectivity index (χ4n) is 2.44. The largest absolute Gasteiger partial charge is 0.481 e. The van der Waals surface area contributed by atoms with Crippen molar-refractivity contribution in [3.8, 4) is 0 Å². The molecular formula is C15H24N4O8. The Kier molecular flexibility index (Phi) is 9.16. The molecular weight excluding hydrogens is 364 g/mol. The quantitative estimate of drug-likeness (QED) is 0.190. The van der Waals surface area contributed by atoms with E-state index in [0.717, 1.165) is 6.42 Å². The second kappa shape index (κ2) is 11.1. The molecule has 3 atom stereocenters. The lowest BCUT2D eigenvalue weighted by molar-refractivity contribution is -0.142. The van der Waals surface area contributed by atoms with Crippen LogP contribution in [0.1, 0.15) is 25.7 Å². The number of rotatable bonds is 11. The van der Waals surface area contributed by atoms with E-state index in [1.54, 1.807) is 0 Å². The molecule has 1 fully saturated rings. The van der Waals surface area contributed by atoms with Crippen molar-refractivity contribution in [1.82, 2.24) is 21.3 Å². The van der Waals surface area contributed by atoms with Crippen molar-refractivity contribution in [3.63, 3.8) is 0 Å². The van der Waals surface area contributed by atoms with Crippen LogP contribution in [0.25, 0.3) is 0 Å². The minimum atomic E-state index is -1.51. The lowest BCUT2D eigenvalue weighted by atomic mass is 10.1. The number of nitrogens with one attached hydrogen (secondary N) is 4. The van der Waals surface area contributed by atoms with Gasteiger partial charge in [0.15, 0.2) is 0 Å². The van der Waals surface area contributed by atoms with Crippen molar-refractivity contribution in [2.24, 2.45) is 0 Å². The fraction of sp³-hybridized carbons (Fsp3) is 0.667. The highest BCUT2D eigenvalue weighted by molar-refractivity contribution is 5.92. The third-order valence-electron chi connectivity index (χ3n) is 3.90. The molecule has 0 spiro atoms. The summed E-state index contributed by atoms with van der Waals surface area (Å²) in [4.78, 5) is 57.5. The Labute approximate surface area is 154 Å². The first-order chi connectivity index (χ1) is 12.7. The lowest BCUT2D eigenvalue weighted by Gasteiger charge is -2.20. The Bertz CT molecular complexity index is 576. The molecule has 1 heterocycles. The zero-order valence-electron chi connectivity index (χ0n) is 14.6. The molecule has 0 aromatic rings. The van der Waals surface area contributed by atoms with Crippen molar-refractivity contribution in [3.05, 3.63) is 0 Å². The van der Waals surface area contributed by atoms with Gasteiger partial charge in [-0.05, 0) is 25.8 Å². The average Bonchev–Trinajstić information content (AvgIpc) is 3.15. The van der Waals surface area contributed by atoms with E-state index < -0.39 is 60.9 Å². The van der Waals surface area contributed by atoms with Gasteiger partial charge in [-0.25, -0.2) is 4.79 Å². The summed E-state index contributed by atoms with van der Waals surface area (Å²) in [7, 11) is 0. The number of carboxylic acid groups (broad SMARTS) is 2. The molecule has 0 aromatic carbocycles. The molecule has 12 nitrogen and oxygen atoms in total. The highest BCUT2D eigenvalue weighted by atomic mass is 16.4. The summed E-state index contributed by atoms with van der Waals surface area (Å²) in [5, 5.41) is 36.0. The molecule has 3 unspecified atom stereocenters. The zero-order valence-corrected chi connectivity index (χ0v) is 14.6. The molecule has 12 heteroatoms. The number of aliphatic carboxylic acids is 2. The van der Waals surface area contributed by atoms with Crippen LogP contribution >= 0.6 is 0 Å². The maximum absolute atomic E-state index is 12.2. The van der Waals surface area contributed by atoms with E-state index in [1.807, 2.05) is 5.32 Å². The Morgan fingerprint density at radius 2 is 1.78 bits per heavy atom. The molecule has 0 saturated carbocycles. The number of amides is 3. The fourth-order valence-corrected chi connectivity index (χ4v) is 2.44. The first-order valence-electron chi connectivity index (χ1n) is 8.41. The van der Waals surface area contributed by atoms with E-state index in [-0.39, 0.29) is 12.8 Å². The lowest BCUT2D eigenvalue weighted by Crippen LogP contribution is -2.53. The Morgan fingerprint density at radius 1 is 1.07 bits per heavy atom. The average molecular weight is 388 g/mol. The predicted molar refractivity (Wildman–Crippen MR) is 89.5 cm³/mol. The van der Waals surface area contributed by atoms with Gasteiger partial charge in [-0.1, -0.05) is 0 Å². The topological polar surface area (TPSA) is 194 Å². The van der Waals surface area contributed by atoms with Crippen LogP contribution in [0.4, 0.5) is 0 Å². The van der Waals surface area contributed by atoms with Crippen LogP contribution in [0.5, 0.6) is 0 Å². The number of hydrogen-bond acceptors (Lipinski definition) is 7. The normalized spacial score (nSPS) is 18.2. The first kappa shape index (κ1) is 22.3. The van der Waals surface area contributed by atoms with Crippen LogP contribution in [-0.4, -0.2) is 82.8 Å². The van der Waals surface area contributed by atoms with Crippen LogP contribution in [0.2, 0.25) is 0 Å². The molecule has 0 aliphatic carbocycles. The molecule has 1 saturated heterocycles. The molecule has 7 N–H and O–H groups in total.